The fraction of sp³-hybridized carbons (Fsp3) is 0.625. The van der Waals surface area contributed by atoms with Crippen LogP contribution < -0.4 is 5.32 Å². The lowest BCUT2D eigenvalue weighted by molar-refractivity contribution is 0.273. The van der Waals surface area contributed by atoms with Gasteiger partial charge in [0.2, 0.25) is 0 Å². The largest absolute Gasteiger partial charge is 0.307 e. The third kappa shape index (κ3) is 4.11. The molecule has 0 spiro atoms. The zero-order chi connectivity index (χ0) is 13.8. The first-order valence-electron chi connectivity index (χ1n) is 7.31. The van der Waals surface area contributed by atoms with Crippen molar-refractivity contribution >= 4 is 23.2 Å². The summed E-state index contributed by atoms with van der Waals surface area (Å²) in [5, 5.41) is 5.26. The summed E-state index contributed by atoms with van der Waals surface area (Å²) in [6, 6.07) is 6.57. The highest BCUT2D eigenvalue weighted by molar-refractivity contribution is 6.33. The van der Waals surface area contributed by atoms with Gasteiger partial charge in [0.25, 0.3) is 0 Å². The van der Waals surface area contributed by atoms with Crippen molar-refractivity contribution in [3.05, 3.63) is 33.8 Å². The van der Waals surface area contributed by atoms with Gasteiger partial charge in [-0.3, -0.25) is 0 Å². The average Bonchev–Trinajstić information content (AvgIpc) is 2.42. The molecule has 0 bridgehead atoms. The van der Waals surface area contributed by atoms with E-state index in [0.717, 1.165) is 21.5 Å². The lowest BCUT2D eigenvalue weighted by Crippen LogP contribution is -2.35. The predicted octanol–water partition coefficient (Wildman–Crippen LogP) is 5.61. The van der Waals surface area contributed by atoms with Crippen molar-refractivity contribution in [1.29, 1.82) is 0 Å². The number of benzene rings is 1. The molecule has 19 heavy (non-hydrogen) atoms. The highest BCUT2D eigenvalue weighted by Crippen LogP contribution is 2.30. The second kappa shape index (κ2) is 6.97. The second-order valence-electron chi connectivity index (χ2n) is 5.68. The fourth-order valence-electron chi connectivity index (χ4n) is 3.03. The van der Waals surface area contributed by atoms with Crippen molar-refractivity contribution in [1.82, 2.24) is 5.32 Å². The molecule has 0 amide bonds. The quantitative estimate of drug-likeness (QED) is 0.761. The number of nitrogens with one attached hydrogen (secondary N) is 1. The Kier molecular flexibility index (Phi) is 5.56. The average molecular weight is 300 g/mol. The van der Waals surface area contributed by atoms with Crippen molar-refractivity contribution in [3.8, 4) is 0 Å². The monoisotopic (exact) mass is 299 g/mol. The highest BCUT2D eigenvalue weighted by Gasteiger charge is 2.22. The van der Waals surface area contributed by atoms with Gasteiger partial charge in [-0.2, -0.15) is 0 Å². The summed E-state index contributed by atoms with van der Waals surface area (Å²) in [4.78, 5) is 0. The molecule has 1 N–H and O–H groups in total. The van der Waals surface area contributed by atoms with Crippen LogP contribution in [0, 0.1) is 5.92 Å². The van der Waals surface area contributed by atoms with E-state index < -0.39 is 0 Å². The zero-order valence-corrected chi connectivity index (χ0v) is 13.3. The van der Waals surface area contributed by atoms with Crippen LogP contribution in [0.15, 0.2) is 18.2 Å². The van der Waals surface area contributed by atoms with E-state index in [0.29, 0.717) is 6.04 Å². The van der Waals surface area contributed by atoms with Crippen molar-refractivity contribution in [2.75, 3.05) is 0 Å². The topological polar surface area (TPSA) is 12.0 Å². The summed E-state index contributed by atoms with van der Waals surface area (Å²) in [6.45, 7) is 4.47. The van der Waals surface area contributed by atoms with E-state index in [9.17, 15) is 0 Å². The van der Waals surface area contributed by atoms with Gasteiger partial charge in [-0.1, -0.05) is 36.5 Å². The Bertz CT molecular complexity index is 411. The first-order valence-corrected chi connectivity index (χ1v) is 8.06. The van der Waals surface area contributed by atoms with Crippen LogP contribution in [-0.4, -0.2) is 6.04 Å². The van der Waals surface area contributed by atoms with Crippen LogP contribution >= 0.6 is 23.2 Å². The third-order valence-corrected chi connectivity index (χ3v) is 4.91. The molecular formula is C16H23Cl2N. The molecule has 1 atom stereocenters. The Labute approximate surface area is 126 Å². The van der Waals surface area contributed by atoms with E-state index in [1.807, 2.05) is 18.2 Å². The summed E-state index contributed by atoms with van der Waals surface area (Å²) in [7, 11) is 0. The molecule has 1 aromatic rings. The molecule has 2 rings (SSSR count). The number of hydrogen-bond donors (Lipinski definition) is 1. The standard InChI is InChI=1S/C16H23Cl2N/c1-3-12-4-7-14(8-5-12)19-11(2)15-10-13(17)6-9-16(15)18/h6,9-12,14,19H,3-5,7-8H2,1-2H3. The number of rotatable bonds is 4. The Morgan fingerprint density at radius 3 is 2.53 bits per heavy atom. The molecule has 1 aromatic carbocycles. The van der Waals surface area contributed by atoms with Gasteiger partial charge in [0.05, 0.1) is 0 Å². The van der Waals surface area contributed by atoms with E-state index in [4.69, 9.17) is 23.2 Å². The molecule has 0 heterocycles. The molecule has 1 unspecified atom stereocenters. The van der Waals surface area contributed by atoms with Crippen LogP contribution in [0.2, 0.25) is 10.0 Å². The Balaban J connectivity index is 1.94. The SMILES string of the molecule is CCC1CCC(NC(C)c2cc(Cl)ccc2Cl)CC1. The lowest BCUT2D eigenvalue weighted by Gasteiger charge is -2.31. The fourth-order valence-corrected chi connectivity index (χ4v) is 3.49. The number of hydrogen-bond acceptors (Lipinski definition) is 1. The molecule has 1 fully saturated rings. The van der Waals surface area contributed by atoms with Gasteiger partial charge >= 0.3 is 0 Å². The van der Waals surface area contributed by atoms with E-state index >= 15 is 0 Å². The van der Waals surface area contributed by atoms with Gasteiger partial charge < -0.3 is 5.32 Å². The molecule has 1 aliphatic rings. The lowest BCUT2D eigenvalue weighted by atomic mass is 9.84. The van der Waals surface area contributed by atoms with Crippen LogP contribution in [0.1, 0.15) is 57.6 Å². The van der Waals surface area contributed by atoms with Crippen LogP contribution in [-0.2, 0) is 0 Å². The van der Waals surface area contributed by atoms with Gasteiger partial charge in [-0.05, 0) is 62.3 Å². The predicted molar refractivity (Wildman–Crippen MR) is 84.0 cm³/mol. The molecule has 1 nitrogen and oxygen atoms in total. The maximum Gasteiger partial charge on any atom is 0.0454 e. The minimum atomic E-state index is 0.259. The van der Waals surface area contributed by atoms with Crippen molar-refractivity contribution in [3.63, 3.8) is 0 Å². The zero-order valence-electron chi connectivity index (χ0n) is 11.8. The van der Waals surface area contributed by atoms with Crippen LogP contribution in [0.4, 0.5) is 0 Å². The van der Waals surface area contributed by atoms with Crippen LogP contribution in [0.5, 0.6) is 0 Å². The van der Waals surface area contributed by atoms with Gasteiger partial charge in [0, 0.05) is 22.1 Å². The first-order chi connectivity index (χ1) is 9.10. The Morgan fingerprint density at radius 1 is 1.21 bits per heavy atom. The molecule has 3 heteroatoms. The van der Waals surface area contributed by atoms with E-state index in [-0.39, 0.29) is 6.04 Å². The normalized spacial score (nSPS) is 25.3. The third-order valence-electron chi connectivity index (χ3n) is 4.33. The molecule has 0 radical (unpaired) electrons. The Hall–Kier alpha value is -0.240. The highest BCUT2D eigenvalue weighted by atomic mass is 35.5. The van der Waals surface area contributed by atoms with Gasteiger partial charge in [-0.15, -0.1) is 0 Å². The van der Waals surface area contributed by atoms with E-state index in [2.05, 4.69) is 19.2 Å². The van der Waals surface area contributed by atoms with Crippen molar-refractivity contribution < 1.29 is 0 Å². The second-order valence-corrected chi connectivity index (χ2v) is 6.52. The van der Waals surface area contributed by atoms with Gasteiger partial charge in [0.1, 0.15) is 0 Å². The van der Waals surface area contributed by atoms with Gasteiger partial charge in [0.15, 0.2) is 0 Å². The van der Waals surface area contributed by atoms with Crippen molar-refractivity contribution in [2.45, 2.75) is 58.0 Å². The Morgan fingerprint density at radius 2 is 1.89 bits per heavy atom. The smallest absolute Gasteiger partial charge is 0.0454 e. The van der Waals surface area contributed by atoms with E-state index in [1.54, 1.807) is 0 Å². The first kappa shape index (κ1) is 15.2. The summed E-state index contributed by atoms with van der Waals surface area (Å²) >= 11 is 12.3. The maximum absolute atomic E-state index is 6.26. The molecule has 0 saturated heterocycles. The molecular weight excluding hydrogens is 277 g/mol. The molecule has 0 aliphatic heterocycles. The van der Waals surface area contributed by atoms with Crippen LogP contribution in [0.3, 0.4) is 0 Å². The van der Waals surface area contributed by atoms with Crippen molar-refractivity contribution in [2.24, 2.45) is 5.92 Å². The minimum Gasteiger partial charge on any atom is -0.307 e. The van der Waals surface area contributed by atoms with Crippen LogP contribution in [0.25, 0.3) is 0 Å². The maximum atomic E-state index is 6.26. The minimum absolute atomic E-state index is 0.259. The molecule has 1 saturated carbocycles. The number of halogens is 2. The summed E-state index contributed by atoms with van der Waals surface area (Å²) in [5.41, 5.74) is 1.10. The molecule has 106 valence electrons. The van der Waals surface area contributed by atoms with E-state index in [1.165, 1.54) is 32.1 Å². The van der Waals surface area contributed by atoms with Gasteiger partial charge in [-0.25, -0.2) is 0 Å². The summed E-state index contributed by atoms with van der Waals surface area (Å²) < 4.78 is 0. The molecule has 0 aromatic heterocycles. The summed E-state index contributed by atoms with van der Waals surface area (Å²) in [6.07, 6.45) is 6.58. The molecule has 1 aliphatic carbocycles. The summed E-state index contributed by atoms with van der Waals surface area (Å²) in [5.74, 6) is 0.933.